The van der Waals surface area contributed by atoms with Crippen molar-refractivity contribution in [2.75, 3.05) is 24.1 Å². The van der Waals surface area contributed by atoms with Gasteiger partial charge in [-0.25, -0.2) is 4.79 Å². The second-order valence-electron chi connectivity index (χ2n) is 8.62. The van der Waals surface area contributed by atoms with Crippen molar-refractivity contribution in [2.45, 2.75) is 45.3 Å². The molecule has 7 nitrogen and oxygen atoms in total. The second-order valence-corrected chi connectivity index (χ2v) is 9.46. The Morgan fingerprint density at radius 1 is 1.09 bits per heavy atom. The van der Waals surface area contributed by atoms with Gasteiger partial charge in [0.05, 0.1) is 16.3 Å². The average Bonchev–Trinajstić information content (AvgIpc) is 2.70. The van der Waals surface area contributed by atoms with Gasteiger partial charge < -0.3 is 25.4 Å². The number of amides is 2. The molecule has 1 heterocycles. The van der Waals surface area contributed by atoms with Crippen LogP contribution >= 0.6 is 23.2 Å². The molecule has 1 aliphatic heterocycles. The standard InChI is InChI=1S/C23H27Cl2N3O4/c1-23(2,3)32-22(30)28-10-8-16(9-11-28)31-20-7-4-14(24)12-17(20)21(29)27-19-6-5-15(26)13-18(19)25/h4-7,12-13,16H,8-11,26H2,1-3H3,(H,27,29). The van der Waals surface area contributed by atoms with E-state index >= 15 is 0 Å². The number of likely N-dealkylation sites (tertiary alicyclic amines) is 1. The summed E-state index contributed by atoms with van der Waals surface area (Å²) in [5.41, 5.74) is 6.39. The first-order valence-corrected chi connectivity index (χ1v) is 11.1. The minimum Gasteiger partial charge on any atom is -0.489 e. The van der Waals surface area contributed by atoms with Crippen LogP contribution in [0.3, 0.4) is 0 Å². The normalized spacial score (nSPS) is 14.7. The summed E-state index contributed by atoms with van der Waals surface area (Å²) in [5, 5.41) is 3.51. The van der Waals surface area contributed by atoms with Crippen LogP contribution in [0, 0.1) is 0 Å². The van der Waals surface area contributed by atoms with Crippen LogP contribution in [0.1, 0.15) is 44.0 Å². The summed E-state index contributed by atoms with van der Waals surface area (Å²) in [6.45, 7) is 6.54. The molecule has 1 fully saturated rings. The van der Waals surface area contributed by atoms with Crippen molar-refractivity contribution >= 4 is 46.6 Å². The van der Waals surface area contributed by atoms with Crippen molar-refractivity contribution in [1.82, 2.24) is 4.90 Å². The van der Waals surface area contributed by atoms with E-state index in [1.807, 2.05) is 20.8 Å². The van der Waals surface area contributed by atoms with E-state index in [9.17, 15) is 9.59 Å². The number of halogens is 2. The predicted octanol–water partition coefficient (Wildman–Crippen LogP) is 5.61. The molecule has 2 aromatic carbocycles. The van der Waals surface area contributed by atoms with Gasteiger partial charge in [0.15, 0.2) is 0 Å². The maximum atomic E-state index is 12.9. The summed E-state index contributed by atoms with van der Waals surface area (Å²) in [7, 11) is 0. The third-order valence-electron chi connectivity index (χ3n) is 4.81. The van der Waals surface area contributed by atoms with Crippen molar-refractivity contribution in [3.8, 4) is 5.75 Å². The first-order valence-electron chi connectivity index (χ1n) is 10.3. The molecule has 0 aliphatic carbocycles. The third-order valence-corrected chi connectivity index (χ3v) is 5.36. The van der Waals surface area contributed by atoms with E-state index < -0.39 is 11.5 Å². The van der Waals surface area contributed by atoms with Gasteiger partial charge in [0.25, 0.3) is 5.91 Å². The lowest BCUT2D eigenvalue weighted by molar-refractivity contribution is 0.0126. The van der Waals surface area contributed by atoms with E-state index in [2.05, 4.69) is 5.32 Å². The number of ether oxygens (including phenoxy) is 2. The Hall–Kier alpha value is -2.64. The molecule has 3 rings (SSSR count). The lowest BCUT2D eigenvalue weighted by atomic mass is 10.1. The van der Waals surface area contributed by atoms with Crippen LogP contribution in [0.2, 0.25) is 10.0 Å². The first-order chi connectivity index (χ1) is 15.0. The molecule has 1 saturated heterocycles. The van der Waals surface area contributed by atoms with Crippen molar-refractivity contribution in [3.63, 3.8) is 0 Å². The number of nitrogens with one attached hydrogen (secondary N) is 1. The molecule has 172 valence electrons. The van der Waals surface area contributed by atoms with Gasteiger partial charge in [0, 0.05) is 36.6 Å². The van der Waals surface area contributed by atoms with E-state index in [0.29, 0.717) is 58.7 Å². The minimum atomic E-state index is -0.538. The number of nitrogen functional groups attached to an aromatic ring is 1. The summed E-state index contributed by atoms with van der Waals surface area (Å²) >= 11 is 12.3. The predicted molar refractivity (Wildman–Crippen MR) is 127 cm³/mol. The Bertz CT molecular complexity index is 999. The maximum absolute atomic E-state index is 12.9. The molecule has 0 radical (unpaired) electrons. The SMILES string of the molecule is CC(C)(C)OC(=O)N1CCC(Oc2ccc(Cl)cc2C(=O)Nc2ccc(N)cc2Cl)CC1. The fourth-order valence-electron chi connectivity index (χ4n) is 3.27. The third kappa shape index (κ3) is 6.43. The molecule has 0 bridgehead atoms. The van der Waals surface area contributed by atoms with E-state index in [1.165, 1.54) is 0 Å². The summed E-state index contributed by atoms with van der Waals surface area (Å²) < 4.78 is 11.6. The molecular formula is C23H27Cl2N3O4. The molecule has 0 aromatic heterocycles. The van der Waals surface area contributed by atoms with Crippen LogP contribution in [0.4, 0.5) is 16.2 Å². The second kappa shape index (κ2) is 9.88. The topological polar surface area (TPSA) is 93.9 Å². The quantitative estimate of drug-likeness (QED) is 0.555. The van der Waals surface area contributed by atoms with Crippen LogP contribution in [0.5, 0.6) is 5.75 Å². The van der Waals surface area contributed by atoms with Crippen LogP contribution in [0.25, 0.3) is 0 Å². The largest absolute Gasteiger partial charge is 0.489 e. The summed E-state index contributed by atoms with van der Waals surface area (Å²) in [6, 6.07) is 9.72. The summed E-state index contributed by atoms with van der Waals surface area (Å²) in [4.78, 5) is 26.9. The lowest BCUT2D eigenvalue weighted by Crippen LogP contribution is -2.44. The average molecular weight is 480 g/mol. The number of carbonyl (C=O) groups excluding carboxylic acids is 2. The highest BCUT2D eigenvalue weighted by Gasteiger charge is 2.28. The fourth-order valence-corrected chi connectivity index (χ4v) is 3.68. The molecule has 0 saturated carbocycles. The number of piperidine rings is 1. The molecular weight excluding hydrogens is 453 g/mol. The van der Waals surface area contributed by atoms with Gasteiger partial charge in [-0.05, 0) is 57.2 Å². The van der Waals surface area contributed by atoms with Gasteiger partial charge in [0.2, 0.25) is 0 Å². The maximum Gasteiger partial charge on any atom is 0.410 e. The number of anilines is 2. The lowest BCUT2D eigenvalue weighted by Gasteiger charge is -2.33. The Morgan fingerprint density at radius 2 is 1.78 bits per heavy atom. The van der Waals surface area contributed by atoms with Crippen LogP contribution in [-0.4, -0.2) is 41.7 Å². The summed E-state index contributed by atoms with van der Waals surface area (Å²) in [6.07, 6.45) is 0.754. The van der Waals surface area contributed by atoms with Gasteiger partial charge >= 0.3 is 6.09 Å². The zero-order chi connectivity index (χ0) is 23.5. The number of rotatable bonds is 4. The van der Waals surface area contributed by atoms with Gasteiger partial charge in [-0.1, -0.05) is 23.2 Å². The Kier molecular flexibility index (Phi) is 7.41. The van der Waals surface area contributed by atoms with E-state index in [0.717, 1.165) is 0 Å². The molecule has 2 aromatic rings. The first kappa shape index (κ1) is 24.0. The van der Waals surface area contributed by atoms with Gasteiger partial charge in [-0.2, -0.15) is 0 Å². The van der Waals surface area contributed by atoms with Gasteiger partial charge in [-0.3, -0.25) is 4.79 Å². The number of benzene rings is 2. The number of carbonyl (C=O) groups is 2. The van der Waals surface area contributed by atoms with E-state index in [4.69, 9.17) is 38.4 Å². The number of nitrogens with two attached hydrogens (primary N) is 1. The van der Waals surface area contributed by atoms with Crippen LogP contribution < -0.4 is 15.8 Å². The molecule has 3 N–H and O–H groups in total. The number of hydrogen-bond donors (Lipinski definition) is 2. The Morgan fingerprint density at radius 3 is 2.41 bits per heavy atom. The summed E-state index contributed by atoms with van der Waals surface area (Å²) in [5.74, 6) is 0.00884. The molecule has 32 heavy (non-hydrogen) atoms. The zero-order valence-electron chi connectivity index (χ0n) is 18.3. The Labute approximate surface area is 197 Å². The number of hydrogen-bond acceptors (Lipinski definition) is 5. The molecule has 0 spiro atoms. The zero-order valence-corrected chi connectivity index (χ0v) is 19.8. The number of nitrogens with zero attached hydrogens (tertiary/aromatic N) is 1. The van der Waals surface area contributed by atoms with Crippen molar-refractivity contribution < 1.29 is 19.1 Å². The van der Waals surface area contributed by atoms with Crippen LogP contribution in [0.15, 0.2) is 36.4 Å². The highest BCUT2D eigenvalue weighted by Crippen LogP contribution is 2.29. The van der Waals surface area contributed by atoms with Gasteiger partial charge in [0.1, 0.15) is 17.5 Å². The highest BCUT2D eigenvalue weighted by atomic mass is 35.5. The van der Waals surface area contributed by atoms with Gasteiger partial charge in [-0.15, -0.1) is 0 Å². The fraction of sp³-hybridized carbons (Fsp3) is 0.391. The van der Waals surface area contributed by atoms with Crippen LogP contribution in [-0.2, 0) is 4.74 Å². The smallest absolute Gasteiger partial charge is 0.410 e. The molecule has 0 unspecified atom stereocenters. The van der Waals surface area contributed by atoms with Crippen molar-refractivity contribution in [2.24, 2.45) is 0 Å². The minimum absolute atomic E-state index is 0.151. The molecule has 2 amide bonds. The van der Waals surface area contributed by atoms with Crippen molar-refractivity contribution in [1.29, 1.82) is 0 Å². The van der Waals surface area contributed by atoms with Crippen molar-refractivity contribution in [3.05, 3.63) is 52.0 Å². The van der Waals surface area contributed by atoms with E-state index in [-0.39, 0.29) is 12.2 Å². The highest BCUT2D eigenvalue weighted by molar-refractivity contribution is 6.34. The molecule has 9 heteroatoms. The molecule has 1 aliphatic rings. The van der Waals surface area contributed by atoms with E-state index in [1.54, 1.807) is 41.3 Å². The Balaban J connectivity index is 1.67. The monoisotopic (exact) mass is 479 g/mol. The molecule has 0 atom stereocenters.